The first-order valence-electron chi connectivity index (χ1n) is 6.02. The van der Waals surface area contributed by atoms with Gasteiger partial charge in [-0.3, -0.25) is 0 Å². The number of hydrogen-bond donors (Lipinski definition) is 2. The van der Waals surface area contributed by atoms with Crippen molar-refractivity contribution in [3.8, 4) is 0 Å². The zero-order valence-electron chi connectivity index (χ0n) is 10.8. The number of amides is 2. The molecule has 0 aromatic carbocycles. The molecule has 0 spiro atoms. The van der Waals surface area contributed by atoms with Crippen LogP contribution in [0.15, 0.2) is 0 Å². The third-order valence-electron chi connectivity index (χ3n) is 2.78. The van der Waals surface area contributed by atoms with E-state index in [4.69, 9.17) is 0 Å². The van der Waals surface area contributed by atoms with Gasteiger partial charge < -0.3 is 10.6 Å². The molecule has 0 aromatic rings. The van der Waals surface area contributed by atoms with E-state index >= 15 is 0 Å². The van der Waals surface area contributed by atoms with Gasteiger partial charge in [-0.2, -0.15) is 11.8 Å². The SMILES string of the molecule is CSC1CCCC(NC(=O)NC(C)(C)C)C1. The first kappa shape index (κ1) is 13.7. The summed E-state index contributed by atoms with van der Waals surface area (Å²) in [5.74, 6) is 0. The summed E-state index contributed by atoms with van der Waals surface area (Å²) < 4.78 is 0. The highest BCUT2D eigenvalue weighted by molar-refractivity contribution is 7.99. The number of hydrogen-bond acceptors (Lipinski definition) is 2. The van der Waals surface area contributed by atoms with Crippen LogP contribution in [-0.4, -0.2) is 29.1 Å². The molecule has 2 atom stereocenters. The van der Waals surface area contributed by atoms with E-state index in [0.29, 0.717) is 11.3 Å². The van der Waals surface area contributed by atoms with E-state index in [9.17, 15) is 4.79 Å². The maximum Gasteiger partial charge on any atom is 0.315 e. The summed E-state index contributed by atoms with van der Waals surface area (Å²) in [6.07, 6.45) is 6.90. The van der Waals surface area contributed by atoms with Gasteiger partial charge in [0.25, 0.3) is 0 Å². The highest BCUT2D eigenvalue weighted by Crippen LogP contribution is 2.26. The Bertz CT molecular complexity index is 238. The van der Waals surface area contributed by atoms with Crippen LogP contribution in [0.2, 0.25) is 0 Å². The lowest BCUT2D eigenvalue weighted by atomic mass is 9.95. The Kier molecular flexibility index (Phi) is 4.96. The van der Waals surface area contributed by atoms with Crippen molar-refractivity contribution in [1.29, 1.82) is 0 Å². The van der Waals surface area contributed by atoms with Gasteiger partial charge in [-0.1, -0.05) is 6.42 Å². The van der Waals surface area contributed by atoms with Crippen LogP contribution in [0, 0.1) is 0 Å². The monoisotopic (exact) mass is 244 g/mol. The van der Waals surface area contributed by atoms with Crippen LogP contribution in [0.4, 0.5) is 4.79 Å². The van der Waals surface area contributed by atoms with Crippen LogP contribution >= 0.6 is 11.8 Å². The third kappa shape index (κ3) is 5.10. The average molecular weight is 244 g/mol. The van der Waals surface area contributed by atoms with Crippen LogP contribution in [-0.2, 0) is 0 Å². The molecule has 1 aliphatic carbocycles. The maximum absolute atomic E-state index is 11.7. The topological polar surface area (TPSA) is 41.1 Å². The Hall–Kier alpha value is -0.380. The molecule has 0 aromatic heterocycles. The molecule has 1 saturated carbocycles. The van der Waals surface area contributed by atoms with Crippen molar-refractivity contribution in [2.45, 2.75) is 63.3 Å². The van der Waals surface area contributed by atoms with Crippen molar-refractivity contribution in [2.24, 2.45) is 0 Å². The average Bonchev–Trinajstić information content (AvgIpc) is 2.15. The summed E-state index contributed by atoms with van der Waals surface area (Å²) in [6, 6.07) is 0.327. The molecule has 2 unspecified atom stereocenters. The summed E-state index contributed by atoms with van der Waals surface area (Å²) >= 11 is 1.92. The third-order valence-corrected chi connectivity index (χ3v) is 3.88. The van der Waals surface area contributed by atoms with Gasteiger partial charge in [0.2, 0.25) is 0 Å². The Morgan fingerprint density at radius 3 is 2.56 bits per heavy atom. The molecule has 1 rings (SSSR count). The van der Waals surface area contributed by atoms with Gasteiger partial charge >= 0.3 is 6.03 Å². The quantitative estimate of drug-likeness (QED) is 0.784. The number of nitrogens with one attached hydrogen (secondary N) is 2. The molecule has 94 valence electrons. The molecule has 3 nitrogen and oxygen atoms in total. The fourth-order valence-corrected chi connectivity index (χ4v) is 2.88. The molecule has 1 aliphatic rings. The Morgan fingerprint density at radius 2 is 2.00 bits per heavy atom. The molecule has 0 aliphatic heterocycles. The maximum atomic E-state index is 11.7. The zero-order chi connectivity index (χ0) is 12.2. The van der Waals surface area contributed by atoms with Crippen LogP contribution < -0.4 is 10.6 Å². The lowest BCUT2D eigenvalue weighted by Crippen LogP contribution is -2.50. The Balaban J connectivity index is 2.33. The number of rotatable bonds is 2. The van der Waals surface area contributed by atoms with Crippen molar-refractivity contribution < 1.29 is 4.79 Å². The van der Waals surface area contributed by atoms with Crippen molar-refractivity contribution in [2.75, 3.05) is 6.26 Å². The summed E-state index contributed by atoms with van der Waals surface area (Å²) in [6.45, 7) is 5.99. The zero-order valence-corrected chi connectivity index (χ0v) is 11.6. The van der Waals surface area contributed by atoms with E-state index in [2.05, 4.69) is 16.9 Å². The fraction of sp³-hybridized carbons (Fsp3) is 0.917. The van der Waals surface area contributed by atoms with E-state index in [1.165, 1.54) is 12.8 Å². The lowest BCUT2D eigenvalue weighted by molar-refractivity contribution is 0.224. The van der Waals surface area contributed by atoms with Gasteiger partial charge in [-0.15, -0.1) is 0 Å². The van der Waals surface area contributed by atoms with Crippen LogP contribution in [0.5, 0.6) is 0 Å². The fourth-order valence-electron chi connectivity index (χ4n) is 2.05. The normalized spacial score (nSPS) is 26.2. The van der Waals surface area contributed by atoms with Gasteiger partial charge in [-0.25, -0.2) is 4.79 Å². The molecule has 2 N–H and O–H groups in total. The lowest BCUT2D eigenvalue weighted by Gasteiger charge is -2.30. The van der Waals surface area contributed by atoms with Crippen molar-refractivity contribution in [1.82, 2.24) is 10.6 Å². The Labute approximate surface area is 103 Å². The predicted octanol–water partition coefficient (Wildman–Crippen LogP) is 2.76. The van der Waals surface area contributed by atoms with Gasteiger partial charge in [0, 0.05) is 16.8 Å². The van der Waals surface area contributed by atoms with E-state index in [0.717, 1.165) is 12.8 Å². The number of carbonyl (C=O) groups excluding carboxylic acids is 1. The second-order valence-electron chi connectivity index (χ2n) is 5.57. The van der Waals surface area contributed by atoms with Crippen molar-refractivity contribution >= 4 is 17.8 Å². The summed E-state index contributed by atoms with van der Waals surface area (Å²) in [4.78, 5) is 11.7. The second kappa shape index (κ2) is 5.80. The van der Waals surface area contributed by atoms with Crippen molar-refractivity contribution in [3.05, 3.63) is 0 Å². The Morgan fingerprint density at radius 1 is 1.31 bits per heavy atom. The number of thioether (sulfide) groups is 1. The molecule has 1 fully saturated rings. The first-order chi connectivity index (χ1) is 7.40. The largest absolute Gasteiger partial charge is 0.335 e. The van der Waals surface area contributed by atoms with Crippen molar-refractivity contribution in [3.63, 3.8) is 0 Å². The highest BCUT2D eigenvalue weighted by Gasteiger charge is 2.23. The predicted molar refractivity (Wildman–Crippen MR) is 71.0 cm³/mol. The standard InChI is InChI=1S/C12H24N2OS/c1-12(2,3)14-11(15)13-9-6-5-7-10(8-9)16-4/h9-10H,5-8H2,1-4H3,(H2,13,14,15). The van der Waals surface area contributed by atoms with E-state index in [1.54, 1.807) is 0 Å². The minimum atomic E-state index is -0.155. The van der Waals surface area contributed by atoms with E-state index in [1.807, 2.05) is 32.5 Å². The molecule has 0 heterocycles. The summed E-state index contributed by atoms with van der Waals surface area (Å²) in [7, 11) is 0. The smallest absolute Gasteiger partial charge is 0.315 e. The first-order valence-corrected chi connectivity index (χ1v) is 7.31. The number of urea groups is 1. The number of carbonyl (C=O) groups is 1. The minimum absolute atomic E-state index is 0.0285. The van der Waals surface area contributed by atoms with Gasteiger partial charge in [-0.05, 0) is 46.3 Å². The second-order valence-corrected chi connectivity index (χ2v) is 6.71. The minimum Gasteiger partial charge on any atom is -0.335 e. The molecule has 0 radical (unpaired) electrons. The van der Waals surface area contributed by atoms with Gasteiger partial charge in [0.1, 0.15) is 0 Å². The van der Waals surface area contributed by atoms with Gasteiger partial charge in [0.15, 0.2) is 0 Å². The molecule has 16 heavy (non-hydrogen) atoms. The molecule has 0 bridgehead atoms. The van der Waals surface area contributed by atoms with Crippen LogP contribution in [0.1, 0.15) is 46.5 Å². The molecule has 2 amide bonds. The summed E-state index contributed by atoms with van der Waals surface area (Å²) in [5.41, 5.74) is -0.155. The molecular formula is C12H24N2OS. The molecule has 0 saturated heterocycles. The molecular weight excluding hydrogens is 220 g/mol. The molecule has 4 heteroatoms. The van der Waals surface area contributed by atoms with E-state index < -0.39 is 0 Å². The van der Waals surface area contributed by atoms with E-state index in [-0.39, 0.29) is 11.6 Å². The van der Waals surface area contributed by atoms with Gasteiger partial charge in [0.05, 0.1) is 0 Å². The van der Waals surface area contributed by atoms with Crippen LogP contribution in [0.25, 0.3) is 0 Å². The van der Waals surface area contributed by atoms with Crippen LogP contribution in [0.3, 0.4) is 0 Å². The highest BCUT2D eigenvalue weighted by atomic mass is 32.2. The summed E-state index contributed by atoms with van der Waals surface area (Å²) in [5, 5.41) is 6.74.